The number of hydrogen-bond acceptors (Lipinski definition) is 5. The van der Waals surface area contributed by atoms with Gasteiger partial charge >= 0.3 is 5.97 Å². The van der Waals surface area contributed by atoms with E-state index < -0.39 is 17.8 Å². The minimum atomic E-state index is -0.929. The fourth-order valence-electron chi connectivity index (χ4n) is 5.41. The SMILES string of the molecule is CN(C)CCCOc1cc2nc(-c3cccc4c3-c3ccccc3C4[NH-])[nH]c2cc1F.O=C(O)c1ccnc2[nH]ccc12. The van der Waals surface area contributed by atoms with Crippen LogP contribution < -0.4 is 4.74 Å². The van der Waals surface area contributed by atoms with Crippen LogP contribution in [0.25, 0.3) is 50.3 Å². The molecule has 0 saturated carbocycles. The van der Waals surface area contributed by atoms with E-state index in [2.05, 4.69) is 19.9 Å². The zero-order valence-electron chi connectivity index (χ0n) is 23.7. The Morgan fingerprint density at radius 3 is 2.67 bits per heavy atom. The number of halogens is 1. The van der Waals surface area contributed by atoms with Crippen LogP contribution in [0.4, 0.5) is 4.39 Å². The summed E-state index contributed by atoms with van der Waals surface area (Å²) in [6.45, 7) is 1.33. The van der Waals surface area contributed by atoms with E-state index in [0.29, 0.717) is 34.5 Å². The third kappa shape index (κ3) is 5.45. The number of carboxylic acids is 1. The lowest BCUT2D eigenvalue weighted by atomic mass is 9.99. The average molecular weight is 578 g/mol. The lowest BCUT2D eigenvalue weighted by Gasteiger charge is -2.16. The van der Waals surface area contributed by atoms with Gasteiger partial charge in [0.25, 0.3) is 0 Å². The van der Waals surface area contributed by atoms with Gasteiger partial charge in [0.1, 0.15) is 11.5 Å². The maximum Gasteiger partial charge on any atom is 0.336 e. The van der Waals surface area contributed by atoms with Gasteiger partial charge in [-0.3, -0.25) is 0 Å². The molecule has 9 nitrogen and oxygen atoms in total. The number of carboxylic acid groups (broad SMARTS) is 1. The van der Waals surface area contributed by atoms with Crippen molar-refractivity contribution in [3.63, 3.8) is 0 Å². The molecule has 1 aliphatic carbocycles. The molecule has 43 heavy (non-hydrogen) atoms. The van der Waals surface area contributed by atoms with E-state index in [4.69, 9.17) is 20.6 Å². The van der Waals surface area contributed by atoms with Crippen molar-refractivity contribution >= 4 is 28.0 Å². The Balaban J connectivity index is 0.000000229. The molecule has 0 bridgehead atoms. The Hall–Kier alpha value is -5.06. The summed E-state index contributed by atoms with van der Waals surface area (Å²) >= 11 is 0. The van der Waals surface area contributed by atoms with E-state index in [1.807, 2.05) is 56.6 Å². The predicted molar refractivity (Wildman–Crippen MR) is 165 cm³/mol. The Kier molecular flexibility index (Phi) is 7.62. The summed E-state index contributed by atoms with van der Waals surface area (Å²) in [6.07, 6.45) is 3.96. The normalized spacial score (nSPS) is 13.6. The van der Waals surface area contributed by atoms with Crippen molar-refractivity contribution in [1.82, 2.24) is 24.8 Å². The molecule has 0 spiro atoms. The molecule has 1 unspecified atom stereocenters. The van der Waals surface area contributed by atoms with Crippen molar-refractivity contribution in [2.24, 2.45) is 0 Å². The number of hydrogen-bond donors (Lipinski definition) is 3. The van der Waals surface area contributed by atoms with E-state index in [9.17, 15) is 9.18 Å². The van der Waals surface area contributed by atoms with Crippen LogP contribution in [0.3, 0.4) is 0 Å². The van der Waals surface area contributed by atoms with Gasteiger partial charge < -0.3 is 30.4 Å². The number of aromatic carboxylic acids is 1. The lowest BCUT2D eigenvalue weighted by molar-refractivity contribution is 0.0699. The summed E-state index contributed by atoms with van der Waals surface area (Å²) in [5, 5.41) is 9.40. The highest BCUT2D eigenvalue weighted by Crippen LogP contribution is 2.48. The van der Waals surface area contributed by atoms with E-state index in [-0.39, 0.29) is 11.3 Å². The smallest absolute Gasteiger partial charge is 0.336 e. The summed E-state index contributed by atoms with van der Waals surface area (Å²) in [5.41, 5.74) is 15.8. The van der Waals surface area contributed by atoms with Gasteiger partial charge in [0.05, 0.1) is 23.2 Å². The van der Waals surface area contributed by atoms with Crippen molar-refractivity contribution in [3.8, 4) is 28.3 Å². The Bertz CT molecular complexity index is 1950. The zero-order chi connectivity index (χ0) is 30.1. The number of carbonyl (C=O) groups is 1. The number of aromatic amines is 2. The fourth-order valence-corrected chi connectivity index (χ4v) is 5.41. The van der Waals surface area contributed by atoms with Crippen molar-refractivity contribution in [2.75, 3.05) is 27.2 Å². The Labute approximate surface area is 247 Å². The molecule has 6 aromatic rings. The molecule has 1 aliphatic rings. The van der Waals surface area contributed by atoms with Crippen molar-refractivity contribution in [2.45, 2.75) is 12.5 Å². The number of pyridine rings is 1. The second-order valence-electron chi connectivity index (χ2n) is 10.6. The molecule has 0 saturated heterocycles. The highest BCUT2D eigenvalue weighted by atomic mass is 19.1. The second kappa shape index (κ2) is 11.7. The van der Waals surface area contributed by atoms with Gasteiger partial charge in [0.15, 0.2) is 11.6 Å². The summed E-state index contributed by atoms with van der Waals surface area (Å²) in [6, 6.07) is 19.8. The lowest BCUT2D eigenvalue weighted by Crippen LogP contribution is -2.15. The minimum absolute atomic E-state index is 0.221. The number of ether oxygens (including phenoxy) is 1. The molecule has 0 fully saturated rings. The van der Waals surface area contributed by atoms with E-state index in [0.717, 1.165) is 40.8 Å². The Morgan fingerprint density at radius 2 is 1.86 bits per heavy atom. The molecule has 0 radical (unpaired) electrons. The highest BCUT2D eigenvalue weighted by molar-refractivity contribution is 6.01. The quantitative estimate of drug-likeness (QED) is 0.174. The molecule has 3 aromatic heterocycles. The fraction of sp³-hybridized carbons (Fsp3) is 0.182. The number of nitrogens with one attached hydrogen (secondary N) is 3. The number of benzene rings is 3. The number of fused-ring (bicyclic) bond motifs is 5. The van der Waals surface area contributed by atoms with Crippen LogP contribution in [-0.2, 0) is 0 Å². The first kappa shape index (κ1) is 28.1. The molecule has 4 N–H and O–H groups in total. The van der Waals surface area contributed by atoms with Crippen molar-refractivity contribution in [3.05, 3.63) is 107 Å². The largest absolute Gasteiger partial charge is 0.667 e. The first-order valence-corrected chi connectivity index (χ1v) is 13.9. The maximum absolute atomic E-state index is 14.6. The van der Waals surface area contributed by atoms with E-state index >= 15 is 0 Å². The molecule has 1 atom stereocenters. The average Bonchev–Trinajstić information content (AvgIpc) is 3.72. The number of rotatable bonds is 7. The van der Waals surface area contributed by atoms with Crippen LogP contribution in [0.1, 0.15) is 33.9 Å². The van der Waals surface area contributed by atoms with Crippen molar-refractivity contribution in [1.29, 1.82) is 0 Å². The molecule has 10 heteroatoms. The predicted octanol–water partition coefficient (Wildman–Crippen LogP) is 7.08. The second-order valence-corrected chi connectivity index (χ2v) is 10.6. The van der Waals surface area contributed by atoms with Crippen LogP contribution in [0, 0.1) is 5.82 Å². The van der Waals surface area contributed by atoms with Crippen LogP contribution in [-0.4, -0.2) is 63.2 Å². The third-order valence-corrected chi connectivity index (χ3v) is 7.44. The van der Waals surface area contributed by atoms with Gasteiger partial charge in [-0.1, -0.05) is 59.6 Å². The number of aromatic nitrogens is 4. The number of imidazole rings is 1. The van der Waals surface area contributed by atoms with Gasteiger partial charge in [-0.25, -0.2) is 19.2 Å². The van der Waals surface area contributed by atoms with Crippen LogP contribution in [0.2, 0.25) is 0 Å². The Morgan fingerprint density at radius 1 is 1.07 bits per heavy atom. The molecular weight excluding hydrogens is 547 g/mol. The van der Waals surface area contributed by atoms with Crippen LogP contribution in [0.15, 0.2) is 79.1 Å². The van der Waals surface area contributed by atoms with Gasteiger partial charge in [-0.15, -0.1) is 0 Å². The molecule has 3 aromatic carbocycles. The molecule has 3 heterocycles. The molecule has 218 valence electrons. The van der Waals surface area contributed by atoms with Crippen molar-refractivity contribution < 1.29 is 19.0 Å². The standard InChI is InChI=1S/C25H24FN4O.C8H6N2O2/c1-30(2)11-6-12-31-22-14-21-20(13-19(22)26)28-25(29-21)18-10-5-9-17-23(18)15-7-3-4-8-16(15)24(17)27;11-8(12)6-2-4-10-7-5(6)1-3-9-7/h3-5,7-10,13-14,24,27H,6,11-12H2,1-2H3,(H,28,29);1-4H,(H,9,10)(H,11,12)/q-1;. The first-order chi connectivity index (χ1) is 20.8. The monoisotopic (exact) mass is 577 g/mol. The molecule has 0 amide bonds. The van der Waals surface area contributed by atoms with Gasteiger partial charge in [-0.2, -0.15) is 0 Å². The summed E-state index contributed by atoms with van der Waals surface area (Å²) in [4.78, 5) is 27.6. The minimum Gasteiger partial charge on any atom is -0.667 e. The van der Waals surface area contributed by atoms with Crippen LogP contribution >= 0.6 is 0 Å². The molecular formula is C33H30FN6O3-. The topological polar surface area (TPSA) is 131 Å². The maximum atomic E-state index is 14.6. The van der Waals surface area contributed by atoms with Gasteiger partial charge in [0.2, 0.25) is 0 Å². The number of nitrogens with zero attached hydrogens (tertiary/aromatic N) is 3. The molecule has 7 rings (SSSR count). The van der Waals surface area contributed by atoms with E-state index in [1.165, 1.54) is 18.3 Å². The van der Waals surface area contributed by atoms with Gasteiger partial charge in [0, 0.05) is 42.0 Å². The highest BCUT2D eigenvalue weighted by Gasteiger charge is 2.25. The van der Waals surface area contributed by atoms with Gasteiger partial charge in [-0.05, 0) is 43.8 Å². The summed E-state index contributed by atoms with van der Waals surface area (Å²) in [7, 11) is 4.00. The third-order valence-electron chi connectivity index (χ3n) is 7.44. The number of H-pyrrole nitrogens is 2. The first-order valence-electron chi connectivity index (χ1n) is 13.9. The summed E-state index contributed by atoms with van der Waals surface area (Å²) < 4.78 is 20.2. The van der Waals surface area contributed by atoms with E-state index in [1.54, 1.807) is 18.3 Å². The van der Waals surface area contributed by atoms with Crippen LogP contribution in [0.5, 0.6) is 5.75 Å². The zero-order valence-corrected chi connectivity index (χ0v) is 23.7. The summed E-state index contributed by atoms with van der Waals surface area (Å²) in [5.74, 6) is -0.441. The molecule has 0 aliphatic heterocycles.